The van der Waals surface area contributed by atoms with Crippen molar-refractivity contribution < 1.29 is 9.53 Å². The van der Waals surface area contributed by atoms with Crippen molar-refractivity contribution in [2.75, 3.05) is 13.2 Å². The molecule has 0 bridgehead atoms. The molecule has 0 radical (unpaired) electrons. The predicted octanol–water partition coefficient (Wildman–Crippen LogP) is 3.08. The third-order valence-electron chi connectivity index (χ3n) is 5.76. The van der Waals surface area contributed by atoms with Crippen LogP contribution in [0.25, 0.3) is 0 Å². The summed E-state index contributed by atoms with van der Waals surface area (Å²) >= 11 is 0. The Morgan fingerprint density at radius 2 is 1.84 bits per heavy atom. The third kappa shape index (κ3) is 2.67. The molecule has 0 aromatic carbocycles. The van der Waals surface area contributed by atoms with Gasteiger partial charge in [0.05, 0.1) is 0 Å². The molecule has 3 nitrogen and oxygen atoms in total. The van der Waals surface area contributed by atoms with Gasteiger partial charge in [0.1, 0.15) is 0 Å². The summed E-state index contributed by atoms with van der Waals surface area (Å²) in [6.07, 6.45) is 3.15. The van der Waals surface area contributed by atoms with Crippen LogP contribution in [-0.4, -0.2) is 36.1 Å². The highest BCUT2D eigenvalue weighted by Gasteiger charge is 2.44. The maximum absolute atomic E-state index is 12.9. The van der Waals surface area contributed by atoms with E-state index in [1.807, 2.05) is 0 Å². The fourth-order valence-electron chi connectivity index (χ4n) is 3.73. The first-order valence-electron chi connectivity index (χ1n) is 7.77. The molecule has 4 unspecified atom stereocenters. The Balaban J connectivity index is 2.10. The second-order valence-corrected chi connectivity index (χ2v) is 7.04. The van der Waals surface area contributed by atoms with E-state index in [1.54, 1.807) is 0 Å². The summed E-state index contributed by atoms with van der Waals surface area (Å²) in [4.78, 5) is 15.1. The molecule has 2 heterocycles. The SMILES string of the molecule is CC1CC(C)N(C(=O)C(C)C2(C)CCOCC2)C1C. The van der Waals surface area contributed by atoms with E-state index >= 15 is 0 Å². The average molecular weight is 267 g/mol. The summed E-state index contributed by atoms with van der Waals surface area (Å²) in [6.45, 7) is 12.6. The molecule has 19 heavy (non-hydrogen) atoms. The Labute approximate surface area is 117 Å². The minimum atomic E-state index is 0.103. The monoisotopic (exact) mass is 267 g/mol. The molecule has 3 heteroatoms. The summed E-state index contributed by atoms with van der Waals surface area (Å²) in [5.41, 5.74) is 0.112. The smallest absolute Gasteiger partial charge is 0.226 e. The lowest BCUT2D eigenvalue weighted by Gasteiger charge is -2.41. The van der Waals surface area contributed by atoms with Gasteiger partial charge in [-0.15, -0.1) is 0 Å². The first-order valence-corrected chi connectivity index (χ1v) is 7.77. The van der Waals surface area contributed by atoms with Crippen molar-refractivity contribution in [1.82, 2.24) is 4.90 Å². The molecule has 0 spiro atoms. The fourth-order valence-corrected chi connectivity index (χ4v) is 3.73. The van der Waals surface area contributed by atoms with E-state index in [0.717, 1.165) is 32.5 Å². The zero-order valence-electron chi connectivity index (χ0n) is 13.1. The van der Waals surface area contributed by atoms with Crippen molar-refractivity contribution in [3.8, 4) is 0 Å². The lowest BCUT2D eigenvalue weighted by Crippen LogP contribution is -2.48. The van der Waals surface area contributed by atoms with Crippen LogP contribution in [0.1, 0.15) is 53.9 Å². The van der Waals surface area contributed by atoms with Gasteiger partial charge in [-0.25, -0.2) is 0 Å². The zero-order chi connectivity index (χ0) is 14.2. The standard InChI is InChI=1S/C16H29NO2/c1-11-10-12(2)17(14(11)4)15(18)13(3)16(5)6-8-19-9-7-16/h11-14H,6-10H2,1-5H3. The Morgan fingerprint density at radius 1 is 1.26 bits per heavy atom. The molecule has 0 aromatic rings. The van der Waals surface area contributed by atoms with Crippen molar-refractivity contribution in [1.29, 1.82) is 0 Å². The Morgan fingerprint density at radius 3 is 2.32 bits per heavy atom. The van der Waals surface area contributed by atoms with Crippen LogP contribution < -0.4 is 0 Å². The van der Waals surface area contributed by atoms with Gasteiger partial charge in [-0.2, -0.15) is 0 Å². The third-order valence-corrected chi connectivity index (χ3v) is 5.76. The summed E-state index contributed by atoms with van der Waals surface area (Å²) in [7, 11) is 0. The van der Waals surface area contributed by atoms with Crippen LogP contribution in [-0.2, 0) is 9.53 Å². The van der Waals surface area contributed by atoms with E-state index in [4.69, 9.17) is 4.74 Å². The van der Waals surface area contributed by atoms with Gasteiger partial charge in [0, 0.05) is 31.2 Å². The Kier molecular flexibility index (Phi) is 4.24. The molecule has 2 fully saturated rings. The van der Waals surface area contributed by atoms with Gasteiger partial charge < -0.3 is 9.64 Å². The molecule has 1 amide bonds. The van der Waals surface area contributed by atoms with Gasteiger partial charge in [0.15, 0.2) is 0 Å². The number of ether oxygens (including phenoxy) is 1. The minimum Gasteiger partial charge on any atom is -0.381 e. The normalized spacial score (nSPS) is 36.3. The zero-order valence-corrected chi connectivity index (χ0v) is 13.1. The van der Waals surface area contributed by atoms with E-state index in [1.165, 1.54) is 0 Å². The Hall–Kier alpha value is -0.570. The summed E-state index contributed by atoms with van der Waals surface area (Å²) in [5, 5.41) is 0. The lowest BCUT2D eigenvalue weighted by atomic mass is 9.71. The maximum Gasteiger partial charge on any atom is 0.226 e. The fraction of sp³-hybridized carbons (Fsp3) is 0.938. The van der Waals surface area contributed by atoms with Gasteiger partial charge in [-0.1, -0.05) is 20.8 Å². The molecule has 0 aliphatic carbocycles. The largest absolute Gasteiger partial charge is 0.381 e. The number of amides is 1. The van der Waals surface area contributed by atoms with E-state index in [0.29, 0.717) is 23.9 Å². The van der Waals surface area contributed by atoms with Crippen molar-refractivity contribution in [2.45, 2.75) is 66.0 Å². The van der Waals surface area contributed by atoms with Crippen LogP contribution >= 0.6 is 0 Å². The van der Waals surface area contributed by atoms with Crippen LogP contribution in [0, 0.1) is 17.3 Å². The second-order valence-electron chi connectivity index (χ2n) is 7.04. The molecule has 4 atom stereocenters. The van der Waals surface area contributed by atoms with Crippen molar-refractivity contribution in [3.63, 3.8) is 0 Å². The summed E-state index contributed by atoms with van der Waals surface area (Å²) < 4.78 is 5.45. The molecular formula is C16H29NO2. The van der Waals surface area contributed by atoms with Crippen molar-refractivity contribution in [2.24, 2.45) is 17.3 Å². The summed E-state index contributed by atoms with van der Waals surface area (Å²) in [5.74, 6) is 1.08. The topological polar surface area (TPSA) is 29.5 Å². The second kappa shape index (κ2) is 5.43. The maximum atomic E-state index is 12.9. The van der Waals surface area contributed by atoms with E-state index in [2.05, 4.69) is 39.5 Å². The molecule has 2 saturated heterocycles. The summed E-state index contributed by atoms with van der Waals surface area (Å²) in [6, 6.07) is 0.775. The molecular weight excluding hydrogens is 238 g/mol. The van der Waals surface area contributed by atoms with E-state index in [-0.39, 0.29) is 11.3 Å². The van der Waals surface area contributed by atoms with Crippen LogP contribution in [0.3, 0.4) is 0 Å². The molecule has 2 aliphatic rings. The number of nitrogens with zero attached hydrogens (tertiary/aromatic N) is 1. The van der Waals surface area contributed by atoms with Gasteiger partial charge in [-0.3, -0.25) is 4.79 Å². The molecule has 2 rings (SSSR count). The quantitative estimate of drug-likeness (QED) is 0.769. The molecule has 2 aliphatic heterocycles. The number of rotatable bonds is 2. The molecule has 0 aromatic heterocycles. The van der Waals surface area contributed by atoms with Crippen LogP contribution in [0.15, 0.2) is 0 Å². The molecule has 0 N–H and O–H groups in total. The average Bonchev–Trinajstić information content (AvgIpc) is 2.62. The number of hydrogen-bond acceptors (Lipinski definition) is 2. The minimum absolute atomic E-state index is 0.103. The molecule has 110 valence electrons. The van der Waals surface area contributed by atoms with Crippen LogP contribution in [0.2, 0.25) is 0 Å². The number of carbonyl (C=O) groups excluding carboxylic acids is 1. The van der Waals surface area contributed by atoms with Gasteiger partial charge in [0.25, 0.3) is 0 Å². The highest BCUT2D eigenvalue weighted by Crippen LogP contribution is 2.40. The van der Waals surface area contributed by atoms with E-state index in [9.17, 15) is 4.79 Å². The predicted molar refractivity (Wildman–Crippen MR) is 76.9 cm³/mol. The van der Waals surface area contributed by atoms with Crippen LogP contribution in [0.4, 0.5) is 0 Å². The number of carbonyl (C=O) groups is 1. The number of hydrogen-bond donors (Lipinski definition) is 0. The van der Waals surface area contributed by atoms with Crippen molar-refractivity contribution in [3.05, 3.63) is 0 Å². The highest BCUT2D eigenvalue weighted by molar-refractivity contribution is 5.80. The lowest BCUT2D eigenvalue weighted by molar-refractivity contribution is -0.144. The van der Waals surface area contributed by atoms with Crippen LogP contribution in [0.5, 0.6) is 0 Å². The van der Waals surface area contributed by atoms with Crippen molar-refractivity contribution >= 4 is 5.91 Å². The number of likely N-dealkylation sites (tertiary alicyclic amines) is 1. The van der Waals surface area contributed by atoms with E-state index < -0.39 is 0 Å². The first kappa shape index (κ1) is 14.8. The van der Waals surface area contributed by atoms with Gasteiger partial charge in [0.2, 0.25) is 5.91 Å². The van der Waals surface area contributed by atoms with Gasteiger partial charge in [-0.05, 0) is 44.4 Å². The Bertz CT molecular complexity index is 336. The highest BCUT2D eigenvalue weighted by atomic mass is 16.5. The van der Waals surface area contributed by atoms with Gasteiger partial charge >= 0.3 is 0 Å². The molecule has 0 saturated carbocycles. The first-order chi connectivity index (χ1) is 8.87.